The Morgan fingerprint density at radius 2 is 0.699 bits per heavy atom. The van der Waals surface area contributed by atoms with E-state index < -0.39 is 10.8 Å². The van der Waals surface area contributed by atoms with Gasteiger partial charge in [0.05, 0.1) is 22.2 Å². The fourth-order valence-corrected chi connectivity index (χ4v) is 15.7. The van der Waals surface area contributed by atoms with Gasteiger partial charge in [0.1, 0.15) is 5.82 Å². The van der Waals surface area contributed by atoms with E-state index in [0.29, 0.717) is 11.3 Å². The molecule has 444 valence electrons. The van der Waals surface area contributed by atoms with E-state index in [1.165, 1.54) is 89.0 Å². The molecule has 0 saturated carbocycles. The van der Waals surface area contributed by atoms with Crippen molar-refractivity contribution < 1.29 is 4.39 Å². The number of halogens is 1. The smallest absolute Gasteiger partial charge is 0.133 e. The summed E-state index contributed by atoms with van der Waals surface area (Å²) >= 11 is 0. The Morgan fingerprint density at radius 1 is 0.312 bits per heavy atom. The third-order valence-electron chi connectivity index (χ3n) is 20.0. The SMILES string of the molecule is C=Cc1ccc(C2(c3cc(C)ccc3C)c3ccccc3-c3ccc(N(c4ccc(-c5ccc(N(c6ccc7c(c6)C(c6ccc(C=C)cc6)(c6cc(C)ccc6C)c6ccccc6-7)c6cccc7ccccc67)cc5F)cc4)c4cccc5ccccc45)cc32)cc1. The Balaban J connectivity index is 0.843. The van der Waals surface area contributed by atoms with E-state index in [2.05, 4.69) is 336 Å². The van der Waals surface area contributed by atoms with E-state index in [9.17, 15) is 0 Å². The lowest BCUT2D eigenvalue weighted by Crippen LogP contribution is -2.30. The maximum atomic E-state index is 18.0. The average molecular weight is 1200 g/mol. The molecular formula is C90H67FN2. The molecule has 2 aliphatic carbocycles. The molecule has 0 saturated heterocycles. The number of nitrogens with zero attached hydrogens (tertiary/aromatic N) is 2. The highest BCUT2D eigenvalue weighted by molar-refractivity contribution is 6.02. The molecule has 16 rings (SSSR count). The first kappa shape index (κ1) is 56.8. The lowest BCUT2D eigenvalue weighted by Gasteiger charge is -2.36. The van der Waals surface area contributed by atoms with Gasteiger partial charge in [-0.3, -0.25) is 0 Å². The second-order valence-corrected chi connectivity index (χ2v) is 25.2. The molecule has 0 aromatic heterocycles. The molecule has 3 heteroatoms. The van der Waals surface area contributed by atoms with E-state index in [1.54, 1.807) is 6.07 Å². The van der Waals surface area contributed by atoms with Gasteiger partial charge in [-0.15, -0.1) is 0 Å². The van der Waals surface area contributed by atoms with Gasteiger partial charge >= 0.3 is 0 Å². The van der Waals surface area contributed by atoms with E-state index in [0.717, 1.165) is 66.7 Å². The van der Waals surface area contributed by atoms with Gasteiger partial charge < -0.3 is 9.80 Å². The predicted octanol–water partition coefficient (Wildman–Crippen LogP) is 24.0. The van der Waals surface area contributed by atoms with E-state index in [4.69, 9.17) is 0 Å². The van der Waals surface area contributed by atoms with Crippen molar-refractivity contribution in [2.45, 2.75) is 38.5 Å². The summed E-state index contributed by atoms with van der Waals surface area (Å²) in [7, 11) is 0. The monoisotopic (exact) mass is 1190 g/mol. The normalized spacial score (nSPS) is 15.1. The second-order valence-electron chi connectivity index (χ2n) is 25.2. The first-order valence-electron chi connectivity index (χ1n) is 32.1. The van der Waals surface area contributed by atoms with Gasteiger partial charge in [-0.2, -0.15) is 0 Å². The highest BCUT2D eigenvalue weighted by atomic mass is 19.1. The topological polar surface area (TPSA) is 6.48 Å². The van der Waals surface area contributed by atoms with Crippen LogP contribution in [0.5, 0.6) is 0 Å². The summed E-state index contributed by atoms with van der Waals surface area (Å²) in [5.41, 5.74) is 27.0. The molecule has 14 aromatic carbocycles. The molecule has 0 spiro atoms. The lowest BCUT2D eigenvalue weighted by atomic mass is 9.66. The van der Waals surface area contributed by atoms with Crippen molar-refractivity contribution in [3.63, 3.8) is 0 Å². The zero-order valence-corrected chi connectivity index (χ0v) is 52.6. The molecule has 14 aromatic rings. The van der Waals surface area contributed by atoms with Crippen LogP contribution in [0.2, 0.25) is 0 Å². The Kier molecular flexibility index (Phi) is 13.8. The van der Waals surface area contributed by atoms with Crippen molar-refractivity contribution in [3.8, 4) is 33.4 Å². The van der Waals surface area contributed by atoms with Gasteiger partial charge in [0, 0.05) is 39.1 Å². The summed E-state index contributed by atoms with van der Waals surface area (Å²) in [5.74, 6) is -0.320. The third kappa shape index (κ3) is 8.97. The van der Waals surface area contributed by atoms with Crippen LogP contribution in [0.15, 0.2) is 310 Å². The average Bonchev–Trinajstić information content (AvgIpc) is 1.56. The number of anilines is 6. The minimum atomic E-state index is -0.678. The molecule has 93 heavy (non-hydrogen) atoms. The summed E-state index contributed by atoms with van der Waals surface area (Å²) in [6, 6.07) is 108. The van der Waals surface area contributed by atoms with E-state index in [1.807, 2.05) is 18.2 Å². The first-order chi connectivity index (χ1) is 45.6. The van der Waals surface area contributed by atoms with Crippen LogP contribution in [0.25, 0.3) is 67.1 Å². The van der Waals surface area contributed by atoms with Gasteiger partial charge in [0.2, 0.25) is 0 Å². The summed E-state index contributed by atoms with van der Waals surface area (Å²) < 4.78 is 18.0. The number of hydrogen-bond donors (Lipinski definition) is 0. The molecule has 0 aliphatic heterocycles. The number of hydrogen-bond acceptors (Lipinski definition) is 2. The molecule has 0 heterocycles. The van der Waals surface area contributed by atoms with Crippen LogP contribution in [-0.4, -0.2) is 0 Å². The van der Waals surface area contributed by atoms with Crippen LogP contribution in [0.1, 0.15) is 77.9 Å². The number of fused-ring (bicyclic) bond motifs is 8. The molecule has 0 fully saturated rings. The van der Waals surface area contributed by atoms with Gasteiger partial charge in [0.15, 0.2) is 0 Å². The summed E-state index contributed by atoms with van der Waals surface area (Å²) in [6.07, 6.45) is 3.82. The number of rotatable bonds is 13. The zero-order valence-electron chi connectivity index (χ0n) is 52.6. The van der Waals surface area contributed by atoms with Gasteiger partial charge in [-0.25, -0.2) is 4.39 Å². The van der Waals surface area contributed by atoms with Gasteiger partial charge in [-0.1, -0.05) is 267 Å². The predicted molar refractivity (Wildman–Crippen MR) is 390 cm³/mol. The number of benzene rings is 14. The molecule has 0 N–H and O–H groups in total. The minimum absolute atomic E-state index is 0.320. The maximum Gasteiger partial charge on any atom is 0.133 e. The zero-order chi connectivity index (χ0) is 63.1. The van der Waals surface area contributed by atoms with Gasteiger partial charge in [-0.05, 0) is 200 Å². The Morgan fingerprint density at radius 3 is 1.16 bits per heavy atom. The fraction of sp³-hybridized carbons (Fsp3) is 0.0667. The Labute approximate surface area is 544 Å². The molecule has 2 unspecified atom stereocenters. The highest BCUT2D eigenvalue weighted by Crippen LogP contribution is 2.60. The van der Waals surface area contributed by atoms with Crippen LogP contribution < -0.4 is 9.80 Å². The molecule has 0 amide bonds. The van der Waals surface area contributed by atoms with Crippen LogP contribution in [0.3, 0.4) is 0 Å². The third-order valence-corrected chi connectivity index (χ3v) is 20.0. The van der Waals surface area contributed by atoms with Crippen LogP contribution >= 0.6 is 0 Å². The molecule has 2 atom stereocenters. The Bertz CT molecular complexity index is 5320. The highest BCUT2D eigenvalue weighted by Gasteiger charge is 2.49. The van der Waals surface area contributed by atoms with Crippen molar-refractivity contribution in [1.29, 1.82) is 0 Å². The molecule has 2 nitrogen and oxygen atoms in total. The molecule has 2 aliphatic rings. The minimum Gasteiger partial charge on any atom is -0.310 e. The summed E-state index contributed by atoms with van der Waals surface area (Å²) in [4.78, 5) is 4.63. The van der Waals surface area contributed by atoms with E-state index in [-0.39, 0.29) is 5.82 Å². The largest absolute Gasteiger partial charge is 0.310 e. The summed E-state index contributed by atoms with van der Waals surface area (Å²) in [5, 5.41) is 4.42. The first-order valence-corrected chi connectivity index (χ1v) is 32.1. The van der Waals surface area contributed by atoms with Crippen LogP contribution in [0.4, 0.5) is 38.5 Å². The number of aryl methyl sites for hydroxylation is 4. The van der Waals surface area contributed by atoms with Crippen LogP contribution in [-0.2, 0) is 10.8 Å². The van der Waals surface area contributed by atoms with Gasteiger partial charge in [0.25, 0.3) is 0 Å². The lowest BCUT2D eigenvalue weighted by molar-refractivity contribution is 0.631. The van der Waals surface area contributed by atoms with E-state index >= 15 is 4.39 Å². The Hall–Kier alpha value is -11.4. The van der Waals surface area contributed by atoms with Crippen LogP contribution in [0, 0.1) is 33.5 Å². The quantitative estimate of drug-likeness (QED) is 0.114. The molecule has 0 radical (unpaired) electrons. The second kappa shape index (κ2) is 22.5. The maximum absolute atomic E-state index is 18.0. The van der Waals surface area contributed by atoms with Crippen molar-refractivity contribution >= 4 is 67.8 Å². The van der Waals surface area contributed by atoms with Crippen molar-refractivity contribution in [2.24, 2.45) is 0 Å². The molecule has 0 bridgehead atoms. The van der Waals surface area contributed by atoms with Crippen molar-refractivity contribution in [1.82, 2.24) is 0 Å². The van der Waals surface area contributed by atoms with Crippen molar-refractivity contribution in [3.05, 3.63) is 394 Å². The standard InChI is InChI=1S/C90H67FN2/c1-7-62-35-41-67(42-36-62)89(82-53-58(3)31-33-60(82)5)80-27-15-13-25-76(80)78-51-48-70(55-84(78)89)92(87-29-17-21-64-19-9-11-23-74(64)87)69-45-39-66(40-46-69)73-50-47-72(57-86(73)91)93(88-30-18-22-65-20-10-12-24-75(65)88)71-49-52-79-77-26-14-16-28-81(77)90(85(79)56-71,68-43-37-63(8-2)38-44-68)83-54-59(4)32-34-61(83)6/h7-57H,1-2H2,3-6H3. The fourth-order valence-electron chi connectivity index (χ4n) is 15.7. The summed E-state index contributed by atoms with van der Waals surface area (Å²) in [6.45, 7) is 17.1. The molecular weight excluding hydrogens is 1130 g/mol. The van der Waals surface area contributed by atoms with Crippen molar-refractivity contribution in [2.75, 3.05) is 9.80 Å².